The number of pyridine rings is 1. The van der Waals surface area contributed by atoms with Crippen molar-refractivity contribution in [3.63, 3.8) is 0 Å². The second-order valence-corrected chi connectivity index (χ2v) is 9.19. The van der Waals surface area contributed by atoms with Crippen LogP contribution in [0.2, 0.25) is 5.02 Å². The number of piperazine rings is 1. The summed E-state index contributed by atoms with van der Waals surface area (Å²) in [4.78, 5) is 25.4. The maximum atomic E-state index is 11.9. The Hall–Kier alpha value is -3.82. The van der Waals surface area contributed by atoms with E-state index in [9.17, 15) is 4.79 Å². The first-order chi connectivity index (χ1) is 17.4. The standard InChI is InChI=1S/C26H28ClN7O2/c1-28-25(35)22-16-19(8-9-29-22)36-18-5-7-23-21(15-18)31-26(33(23)3)30-17-4-6-20(27)24(14-17)34-12-10-32(2)11-13-34/h4-9,14-16H,10-13H2,1-3H3,(H,28,35)(H,30,31). The molecule has 2 N–H and O–H groups in total. The first-order valence-electron chi connectivity index (χ1n) is 11.7. The van der Waals surface area contributed by atoms with E-state index >= 15 is 0 Å². The van der Waals surface area contributed by atoms with Crippen LogP contribution in [0.5, 0.6) is 11.5 Å². The topological polar surface area (TPSA) is 87.5 Å². The van der Waals surface area contributed by atoms with E-state index in [0.29, 0.717) is 23.1 Å². The van der Waals surface area contributed by atoms with Crippen LogP contribution in [0, 0.1) is 0 Å². The van der Waals surface area contributed by atoms with Gasteiger partial charge in [0.15, 0.2) is 0 Å². The molecule has 0 aliphatic carbocycles. The van der Waals surface area contributed by atoms with Gasteiger partial charge in [0, 0.05) is 64.3 Å². The summed E-state index contributed by atoms with van der Waals surface area (Å²) in [6, 6.07) is 15.0. The second-order valence-electron chi connectivity index (χ2n) is 8.78. The van der Waals surface area contributed by atoms with Crippen LogP contribution in [0.3, 0.4) is 0 Å². The van der Waals surface area contributed by atoms with Gasteiger partial charge in [-0.1, -0.05) is 11.6 Å². The summed E-state index contributed by atoms with van der Waals surface area (Å²) in [5, 5.41) is 6.74. The molecule has 0 bridgehead atoms. The minimum absolute atomic E-state index is 0.269. The van der Waals surface area contributed by atoms with Crippen LogP contribution in [0.1, 0.15) is 10.5 Å². The fraction of sp³-hybridized carbons (Fsp3) is 0.269. The number of imidazole rings is 1. The number of aryl methyl sites for hydroxylation is 1. The molecule has 2 aromatic heterocycles. The largest absolute Gasteiger partial charge is 0.457 e. The summed E-state index contributed by atoms with van der Waals surface area (Å²) in [5.41, 5.74) is 3.98. The van der Waals surface area contributed by atoms with E-state index in [1.807, 2.05) is 41.9 Å². The van der Waals surface area contributed by atoms with Gasteiger partial charge in [0.25, 0.3) is 5.91 Å². The van der Waals surface area contributed by atoms with E-state index in [1.54, 1.807) is 25.4 Å². The lowest BCUT2D eigenvalue weighted by Gasteiger charge is -2.34. The van der Waals surface area contributed by atoms with E-state index in [1.165, 1.54) is 0 Å². The van der Waals surface area contributed by atoms with Crippen LogP contribution in [0.25, 0.3) is 11.0 Å². The number of carbonyl (C=O) groups is 1. The van der Waals surface area contributed by atoms with Crippen molar-refractivity contribution in [2.75, 3.05) is 50.5 Å². The Bertz CT molecular complexity index is 1410. The van der Waals surface area contributed by atoms with Gasteiger partial charge in [-0.15, -0.1) is 0 Å². The quantitative estimate of drug-likeness (QED) is 0.404. The molecular formula is C26H28ClN7O2. The average Bonchev–Trinajstić information content (AvgIpc) is 3.19. The summed E-state index contributed by atoms with van der Waals surface area (Å²) in [5.74, 6) is 1.58. The predicted molar refractivity (Wildman–Crippen MR) is 143 cm³/mol. The van der Waals surface area contributed by atoms with Gasteiger partial charge in [-0.05, 0) is 43.4 Å². The van der Waals surface area contributed by atoms with Crippen LogP contribution < -0.4 is 20.3 Å². The minimum Gasteiger partial charge on any atom is -0.457 e. The molecule has 1 aliphatic heterocycles. The zero-order valence-electron chi connectivity index (χ0n) is 20.5. The molecule has 36 heavy (non-hydrogen) atoms. The minimum atomic E-state index is -0.269. The number of aromatic nitrogens is 3. The Balaban J connectivity index is 1.37. The van der Waals surface area contributed by atoms with Crippen LogP contribution >= 0.6 is 11.6 Å². The van der Waals surface area contributed by atoms with Crippen molar-refractivity contribution in [2.45, 2.75) is 0 Å². The van der Waals surface area contributed by atoms with Crippen molar-refractivity contribution >= 4 is 45.9 Å². The van der Waals surface area contributed by atoms with Crippen molar-refractivity contribution in [3.8, 4) is 11.5 Å². The average molecular weight is 506 g/mol. The highest BCUT2D eigenvalue weighted by molar-refractivity contribution is 6.33. The third-order valence-electron chi connectivity index (χ3n) is 6.33. The number of likely N-dealkylation sites (N-methyl/N-ethyl adjacent to an activating group) is 1. The molecule has 2 aromatic carbocycles. The number of anilines is 3. The highest BCUT2D eigenvalue weighted by atomic mass is 35.5. The molecule has 1 amide bonds. The number of hydrogen-bond donors (Lipinski definition) is 2. The van der Waals surface area contributed by atoms with Gasteiger partial charge >= 0.3 is 0 Å². The van der Waals surface area contributed by atoms with Gasteiger partial charge in [0.1, 0.15) is 17.2 Å². The zero-order valence-corrected chi connectivity index (χ0v) is 21.2. The van der Waals surface area contributed by atoms with Crippen LogP contribution in [-0.2, 0) is 7.05 Å². The van der Waals surface area contributed by atoms with Gasteiger partial charge < -0.3 is 29.7 Å². The molecule has 186 valence electrons. The number of halogens is 1. The normalized spacial score (nSPS) is 14.2. The Morgan fingerprint density at radius 3 is 2.56 bits per heavy atom. The molecule has 1 saturated heterocycles. The Kier molecular flexibility index (Phi) is 6.67. The maximum Gasteiger partial charge on any atom is 0.269 e. The van der Waals surface area contributed by atoms with Gasteiger partial charge in [0.2, 0.25) is 5.95 Å². The number of nitrogens with one attached hydrogen (secondary N) is 2. The number of nitrogens with zero attached hydrogens (tertiary/aromatic N) is 5. The number of ether oxygens (including phenoxy) is 1. The first-order valence-corrected chi connectivity index (χ1v) is 12.1. The molecule has 3 heterocycles. The van der Waals surface area contributed by atoms with Gasteiger partial charge in [-0.25, -0.2) is 4.98 Å². The van der Waals surface area contributed by atoms with Gasteiger partial charge in [0.05, 0.1) is 21.7 Å². The number of fused-ring (bicyclic) bond motifs is 1. The summed E-state index contributed by atoms with van der Waals surface area (Å²) in [6.45, 7) is 3.90. The number of carbonyl (C=O) groups excluding carboxylic acids is 1. The van der Waals surface area contributed by atoms with Crippen molar-refractivity contribution < 1.29 is 9.53 Å². The maximum absolute atomic E-state index is 11.9. The molecule has 1 fully saturated rings. The smallest absolute Gasteiger partial charge is 0.269 e. The molecule has 0 atom stereocenters. The van der Waals surface area contributed by atoms with E-state index < -0.39 is 0 Å². The molecule has 0 unspecified atom stereocenters. The zero-order chi connectivity index (χ0) is 25.2. The van der Waals surface area contributed by atoms with Gasteiger partial charge in [-0.3, -0.25) is 9.78 Å². The van der Waals surface area contributed by atoms with E-state index in [4.69, 9.17) is 21.3 Å². The Labute approximate surface area is 214 Å². The highest BCUT2D eigenvalue weighted by Gasteiger charge is 2.18. The fourth-order valence-electron chi connectivity index (χ4n) is 4.23. The highest BCUT2D eigenvalue weighted by Crippen LogP contribution is 2.32. The number of amides is 1. The number of rotatable bonds is 6. The second kappa shape index (κ2) is 10.0. The Morgan fingerprint density at radius 2 is 1.78 bits per heavy atom. The molecular weight excluding hydrogens is 478 g/mol. The molecule has 4 aromatic rings. The van der Waals surface area contributed by atoms with Gasteiger partial charge in [-0.2, -0.15) is 0 Å². The third-order valence-corrected chi connectivity index (χ3v) is 6.64. The first kappa shape index (κ1) is 23.9. The molecule has 1 aliphatic rings. The van der Waals surface area contributed by atoms with Crippen molar-refractivity contribution in [1.29, 1.82) is 0 Å². The van der Waals surface area contributed by atoms with E-state index in [-0.39, 0.29) is 5.91 Å². The number of benzene rings is 2. The molecule has 0 saturated carbocycles. The lowest BCUT2D eigenvalue weighted by molar-refractivity contribution is 0.0958. The lowest BCUT2D eigenvalue weighted by Crippen LogP contribution is -2.44. The molecule has 0 radical (unpaired) electrons. The molecule has 9 nitrogen and oxygen atoms in total. The van der Waals surface area contributed by atoms with Crippen molar-refractivity contribution in [3.05, 3.63) is 65.4 Å². The summed E-state index contributed by atoms with van der Waals surface area (Å²) >= 11 is 6.54. The molecule has 5 rings (SSSR count). The monoisotopic (exact) mass is 505 g/mol. The number of hydrogen-bond acceptors (Lipinski definition) is 7. The Morgan fingerprint density at radius 1 is 1.00 bits per heavy atom. The third kappa shape index (κ3) is 4.93. The van der Waals surface area contributed by atoms with Crippen LogP contribution in [0.4, 0.5) is 17.3 Å². The van der Waals surface area contributed by atoms with Crippen molar-refractivity contribution in [1.82, 2.24) is 24.8 Å². The lowest BCUT2D eigenvalue weighted by atomic mass is 10.2. The summed E-state index contributed by atoms with van der Waals surface area (Å²) in [6.07, 6.45) is 1.55. The summed E-state index contributed by atoms with van der Waals surface area (Å²) in [7, 11) is 5.67. The van der Waals surface area contributed by atoms with Crippen LogP contribution in [0.15, 0.2) is 54.7 Å². The molecule has 0 spiro atoms. The van der Waals surface area contributed by atoms with E-state index in [2.05, 4.69) is 38.5 Å². The van der Waals surface area contributed by atoms with E-state index in [0.717, 1.165) is 53.6 Å². The SMILES string of the molecule is CNC(=O)c1cc(Oc2ccc3c(c2)nc(Nc2ccc(Cl)c(N4CCN(C)CC4)c2)n3C)ccn1. The van der Waals surface area contributed by atoms with Crippen LogP contribution in [-0.4, -0.2) is 65.6 Å². The molecule has 10 heteroatoms. The predicted octanol–water partition coefficient (Wildman–Crippen LogP) is 4.27. The van der Waals surface area contributed by atoms with Crippen molar-refractivity contribution in [2.24, 2.45) is 7.05 Å². The summed E-state index contributed by atoms with van der Waals surface area (Å²) < 4.78 is 7.98. The fourth-order valence-corrected chi connectivity index (χ4v) is 4.46.